The van der Waals surface area contributed by atoms with Crippen LogP contribution in [0.5, 0.6) is 5.75 Å². The lowest BCUT2D eigenvalue weighted by molar-refractivity contribution is -0.150. The Morgan fingerprint density at radius 2 is 1.68 bits per heavy atom. The van der Waals surface area contributed by atoms with Crippen molar-refractivity contribution < 1.29 is 23.5 Å². The Labute approximate surface area is 289 Å². The first-order chi connectivity index (χ1) is 22.0. The quantitative estimate of drug-likeness (QED) is 0.114. The molecule has 1 heterocycles. The van der Waals surface area contributed by atoms with Gasteiger partial charge in [-0.2, -0.15) is 0 Å². The molecule has 0 radical (unpaired) electrons. The van der Waals surface area contributed by atoms with E-state index in [0.29, 0.717) is 17.9 Å². The first-order valence-electron chi connectivity index (χ1n) is 15.9. The maximum Gasteiger partial charge on any atom is 0.333 e. The molecule has 254 valence electrons. The zero-order chi connectivity index (χ0) is 33.0. The molecule has 10 heteroatoms. The zero-order valence-corrected chi connectivity index (χ0v) is 28.9. The normalized spacial score (nSPS) is 17.9. The number of aryl methyl sites for hydroxylation is 1. The number of hydrogen-bond donors (Lipinski definition) is 3. The highest BCUT2D eigenvalue weighted by Gasteiger charge is 2.48. The largest absolute Gasteiger partial charge is 0.493 e. The molecule has 1 amide bonds. The van der Waals surface area contributed by atoms with E-state index >= 15 is 0 Å². The second-order valence-corrected chi connectivity index (χ2v) is 13.3. The average molecular weight is 687 g/mol. The van der Waals surface area contributed by atoms with Crippen molar-refractivity contribution in [3.63, 3.8) is 0 Å². The maximum absolute atomic E-state index is 14.2. The van der Waals surface area contributed by atoms with Crippen LogP contribution in [0.25, 0.3) is 0 Å². The van der Waals surface area contributed by atoms with Crippen LogP contribution in [0, 0.1) is 11.2 Å². The van der Waals surface area contributed by atoms with Gasteiger partial charge in [0.1, 0.15) is 17.1 Å². The molecule has 47 heavy (non-hydrogen) atoms. The van der Waals surface area contributed by atoms with Crippen LogP contribution in [-0.4, -0.2) is 37.1 Å². The highest BCUT2D eigenvalue weighted by molar-refractivity contribution is 6.29. The lowest BCUT2D eigenvalue weighted by Crippen LogP contribution is -2.57. The van der Waals surface area contributed by atoms with Crippen LogP contribution in [-0.2, 0) is 27.3 Å². The molecule has 0 saturated carbocycles. The molecule has 7 nitrogen and oxygen atoms in total. The van der Waals surface area contributed by atoms with Gasteiger partial charge in [-0.1, -0.05) is 87.5 Å². The molecule has 0 fully saturated rings. The van der Waals surface area contributed by atoms with Gasteiger partial charge < -0.3 is 20.1 Å². The third-order valence-electron chi connectivity index (χ3n) is 7.71. The van der Waals surface area contributed by atoms with Gasteiger partial charge in [-0.25, -0.2) is 9.18 Å². The van der Waals surface area contributed by atoms with Crippen molar-refractivity contribution in [1.82, 2.24) is 16.0 Å². The van der Waals surface area contributed by atoms with Gasteiger partial charge in [0.05, 0.1) is 19.1 Å². The van der Waals surface area contributed by atoms with E-state index in [9.17, 15) is 14.0 Å². The molecule has 0 spiro atoms. The van der Waals surface area contributed by atoms with Crippen molar-refractivity contribution in [1.29, 1.82) is 0 Å². The van der Waals surface area contributed by atoms with Crippen LogP contribution in [0.1, 0.15) is 69.2 Å². The van der Waals surface area contributed by atoms with E-state index in [1.807, 2.05) is 51.1 Å². The number of amides is 1. The standard InChI is InChI=1S/C37H45ClFN3O4.ClH/c1-36(2,3)26-37(24-34(43)41-25-28-16-7-9-18-30(28)39)35(44)46-33(38)23-31(42-37)29-17-8-10-19-32(29)45-22-12-21-40-20-11-15-27-13-5-4-6-14-27;/h4-10,13-14,16-19,23,31,40,42H,11-12,15,20-22,24-26H2,1-3H3,(H,41,43);1H. The number of ether oxygens (including phenoxy) is 2. The molecule has 4 rings (SSSR count). The molecule has 0 saturated heterocycles. The third kappa shape index (κ3) is 12.0. The van der Waals surface area contributed by atoms with Crippen molar-refractivity contribution >= 4 is 35.9 Å². The van der Waals surface area contributed by atoms with Crippen molar-refractivity contribution in [2.24, 2.45) is 5.41 Å². The Balaban J connectivity index is 0.00000600. The number of carbonyl (C=O) groups excluding carboxylic acids is 2. The predicted octanol–water partition coefficient (Wildman–Crippen LogP) is 7.39. The summed E-state index contributed by atoms with van der Waals surface area (Å²) >= 11 is 6.42. The lowest BCUT2D eigenvalue weighted by Gasteiger charge is -2.38. The fourth-order valence-corrected chi connectivity index (χ4v) is 5.93. The van der Waals surface area contributed by atoms with Gasteiger partial charge >= 0.3 is 5.97 Å². The highest BCUT2D eigenvalue weighted by atomic mass is 35.5. The molecular formula is C37H46Cl2FN3O4. The minimum atomic E-state index is -1.42. The van der Waals surface area contributed by atoms with Gasteiger partial charge in [-0.15, -0.1) is 12.4 Å². The molecule has 1 aliphatic heterocycles. The van der Waals surface area contributed by atoms with Gasteiger partial charge in [-0.3, -0.25) is 10.1 Å². The third-order valence-corrected chi connectivity index (χ3v) is 7.91. The van der Waals surface area contributed by atoms with Crippen molar-refractivity contribution in [2.45, 2.75) is 71.0 Å². The van der Waals surface area contributed by atoms with E-state index in [-0.39, 0.29) is 42.4 Å². The number of para-hydroxylation sites is 1. The number of carbonyl (C=O) groups is 2. The van der Waals surface area contributed by atoms with Gasteiger partial charge in [0.2, 0.25) is 5.91 Å². The Morgan fingerprint density at radius 1 is 1.00 bits per heavy atom. The summed E-state index contributed by atoms with van der Waals surface area (Å²) in [6, 6.07) is 23.7. The van der Waals surface area contributed by atoms with E-state index < -0.39 is 29.3 Å². The van der Waals surface area contributed by atoms with Crippen LogP contribution >= 0.6 is 24.0 Å². The summed E-state index contributed by atoms with van der Waals surface area (Å²) in [7, 11) is 0. The van der Waals surface area contributed by atoms with Crippen LogP contribution in [0.3, 0.4) is 0 Å². The number of rotatable bonds is 15. The van der Waals surface area contributed by atoms with E-state index in [2.05, 4.69) is 40.2 Å². The van der Waals surface area contributed by atoms with Crippen LogP contribution in [0.4, 0.5) is 4.39 Å². The molecule has 3 aromatic carbocycles. The van der Waals surface area contributed by atoms with Gasteiger partial charge in [0.25, 0.3) is 0 Å². The Bertz CT molecular complexity index is 1480. The topological polar surface area (TPSA) is 88.7 Å². The molecule has 0 bridgehead atoms. The summed E-state index contributed by atoms with van der Waals surface area (Å²) < 4.78 is 26.0. The van der Waals surface area contributed by atoms with Gasteiger partial charge in [-0.05, 0) is 79.6 Å². The van der Waals surface area contributed by atoms with Crippen molar-refractivity contribution in [2.75, 3.05) is 19.7 Å². The Hall–Kier alpha value is -3.43. The Kier molecular flexibility index (Phi) is 14.7. The average Bonchev–Trinajstić information content (AvgIpc) is 3.12. The van der Waals surface area contributed by atoms with E-state index in [1.54, 1.807) is 24.3 Å². The molecular weight excluding hydrogens is 640 g/mol. The SMILES string of the molecule is CC(C)(C)CC1(CC(=O)NCc2ccccc2F)NC(c2ccccc2OCCCNCCCc2ccccc2)C=C(Cl)OC1=O.Cl. The number of benzene rings is 3. The van der Waals surface area contributed by atoms with Crippen molar-refractivity contribution in [3.8, 4) is 5.75 Å². The monoisotopic (exact) mass is 685 g/mol. The number of cyclic esters (lactones) is 1. The smallest absolute Gasteiger partial charge is 0.333 e. The lowest BCUT2D eigenvalue weighted by atomic mass is 9.77. The minimum Gasteiger partial charge on any atom is -0.493 e. The summed E-state index contributed by atoms with van der Waals surface area (Å²) in [5.74, 6) is -0.836. The van der Waals surface area contributed by atoms with Crippen LogP contribution in [0.2, 0.25) is 0 Å². The van der Waals surface area contributed by atoms with E-state index in [4.69, 9.17) is 21.1 Å². The molecule has 0 aromatic heterocycles. The zero-order valence-electron chi connectivity index (χ0n) is 27.3. The maximum atomic E-state index is 14.2. The second-order valence-electron chi connectivity index (χ2n) is 12.9. The first kappa shape index (κ1) is 38.0. The summed E-state index contributed by atoms with van der Waals surface area (Å²) in [5.41, 5.74) is 0.662. The molecule has 3 N–H and O–H groups in total. The van der Waals surface area contributed by atoms with Gasteiger partial charge in [0, 0.05) is 17.7 Å². The number of halogens is 3. The van der Waals surface area contributed by atoms with Crippen LogP contribution < -0.4 is 20.7 Å². The van der Waals surface area contributed by atoms with Gasteiger partial charge in [0.15, 0.2) is 5.22 Å². The van der Waals surface area contributed by atoms with Crippen molar-refractivity contribution in [3.05, 3.63) is 113 Å². The van der Waals surface area contributed by atoms with Crippen LogP contribution in [0.15, 0.2) is 90.2 Å². The fourth-order valence-electron chi connectivity index (χ4n) is 5.74. The number of hydrogen-bond acceptors (Lipinski definition) is 6. The molecule has 3 aromatic rings. The molecule has 1 aliphatic rings. The molecule has 2 atom stereocenters. The summed E-state index contributed by atoms with van der Waals surface area (Å²) in [6.45, 7) is 8.21. The molecule has 0 aliphatic carbocycles. The summed E-state index contributed by atoms with van der Waals surface area (Å²) in [6.07, 6.45) is 4.58. The van der Waals surface area contributed by atoms with E-state index in [0.717, 1.165) is 37.9 Å². The fraction of sp³-hybridized carbons (Fsp3) is 0.405. The van der Waals surface area contributed by atoms with E-state index in [1.165, 1.54) is 11.6 Å². The summed E-state index contributed by atoms with van der Waals surface area (Å²) in [5, 5.41) is 9.61. The second kappa shape index (κ2) is 18.2. The molecule has 2 unspecified atom stereocenters. The number of nitrogens with one attached hydrogen (secondary N) is 3. The number of esters is 1. The minimum absolute atomic E-state index is 0. The Morgan fingerprint density at radius 3 is 2.43 bits per heavy atom. The first-order valence-corrected chi connectivity index (χ1v) is 16.3. The summed E-state index contributed by atoms with van der Waals surface area (Å²) in [4.78, 5) is 27.0. The highest BCUT2D eigenvalue weighted by Crippen LogP contribution is 2.38. The predicted molar refractivity (Wildman–Crippen MR) is 187 cm³/mol.